The van der Waals surface area contributed by atoms with Gasteiger partial charge in [-0.2, -0.15) is 0 Å². The molecule has 8 nitrogen and oxygen atoms in total. The van der Waals surface area contributed by atoms with Crippen LogP contribution in [0.2, 0.25) is 0 Å². The van der Waals surface area contributed by atoms with E-state index in [-0.39, 0.29) is 11.8 Å². The van der Waals surface area contributed by atoms with Gasteiger partial charge >= 0.3 is 0 Å². The van der Waals surface area contributed by atoms with Crippen LogP contribution in [0.4, 0.5) is 5.69 Å². The fourth-order valence-electron chi connectivity index (χ4n) is 3.66. The number of hydrogen-bond acceptors (Lipinski definition) is 6. The smallest absolute Gasteiger partial charge is 0.255 e. The Morgan fingerprint density at radius 1 is 1.00 bits per heavy atom. The van der Waals surface area contributed by atoms with Crippen LogP contribution in [0.15, 0.2) is 53.7 Å². The molecule has 0 radical (unpaired) electrons. The number of likely N-dealkylation sites (N-methyl/N-ethyl adjacent to an activating group) is 1. The third-order valence-corrected chi connectivity index (χ3v) is 6.70. The van der Waals surface area contributed by atoms with Crippen LogP contribution in [-0.2, 0) is 11.8 Å². The minimum atomic E-state index is -0.145. The molecule has 9 heteroatoms. The summed E-state index contributed by atoms with van der Waals surface area (Å²) in [4.78, 5) is 29.1. The van der Waals surface area contributed by atoms with E-state index in [1.54, 1.807) is 6.07 Å². The van der Waals surface area contributed by atoms with Crippen LogP contribution in [0.25, 0.3) is 11.4 Å². The van der Waals surface area contributed by atoms with Crippen molar-refractivity contribution in [3.05, 3.63) is 59.7 Å². The van der Waals surface area contributed by atoms with E-state index >= 15 is 0 Å². The third-order valence-electron chi connectivity index (χ3n) is 5.70. The maximum Gasteiger partial charge on any atom is 0.255 e. The summed E-state index contributed by atoms with van der Waals surface area (Å²) < 4.78 is 1.89. The molecule has 172 valence electrons. The molecule has 1 aromatic heterocycles. The van der Waals surface area contributed by atoms with E-state index in [1.165, 1.54) is 11.8 Å². The van der Waals surface area contributed by atoms with Crippen LogP contribution in [0, 0.1) is 6.92 Å². The zero-order valence-corrected chi connectivity index (χ0v) is 19.9. The molecule has 2 aromatic carbocycles. The molecule has 0 bridgehead atoms. The first-order valence-electron chi connectivity index (χ1n) is 10.9. The van der Waals surface area contributed by atoms with Crippen LogP contribution in [0.5, 0.6) is 0 Å². The zero-order chi connectivity index (χ0) is 23.4. The Balaban J connectivity index is 1.36. The highest BCUT2D eigenvalue weighted by atomic mass is 32.2. The molecule has 4 rings (SSSR count). The average molecular weight is 465 g/mol. The van der Waals surface area contributed by atoms with Crippen molar-refractivity contribution in [2.24, 2.45) is 7.05 Å². The van der Waals surface area contributed by atoms with Crippen LogP contribution in [0.3, 0.4) is 0 Å². The zero-order valence-electron chi connectivity index (χ0n) is 19.1. The first kappa shape index (κ1) is 23.0. The first-order valence-corrected chi connectivity index (χ1v) is 11.9. The highest BCUT2D eigenvalue weighted by Gasteiger charge is 2.20. The predicted octanol–water partition coefficient (Wildman–Crippen LogP) is 2.91. The molecular formula is C24H28N6O2S. The van der Waals surface area contributed by atoms with Crippen molar-refractivity contribution in [3.8, 4) is 11.4 Å². The molecule has 0 atom stereocenters. The Kier molecular flexibility index (Phi) is 7.10. The number of nitrogens with one attached hydrogen (secondary N) is 1. The van der Waals surface area contributed by atoms with E-state index in [9.17, 15) is 9.59 Å². The maximum atomic E-state index is 12.5. The van der Waals surface area contributed by atoms with Gasteiger partial charge in [-0.3, -0.25) is 9.59 Å². The molecule has 1 aliphatic rings. The van der Waals surface area contributed by atoms with Crippen LogP contribution >= 0.6 is 11.8 Å². The molecule has 3 aromatic rings. The molecule has 1 fully saturated rings. The summed E-state index contributed by atoms with van der Waals surface area (Å²) in [5.74, 6) is 1.04. The number of aromatic nitrogens is 3. The SMILES string of the molecule is Cc1cccc(C(=O)Nc2ccc(-c3nnc(SCC(=O)N4CCN(C)CC4)n3C)cc2)c1. The predicted molar refractivity (Wildman–Crippen MR) is 130 cm³/mol. The Morgan fingerprint density at radius 3 is 2.42 bits per heavy atom. The van der Waals surface area contributed by atoms with Crippen LogP contribution < -0.4 is 5.32 Å². The normalized spacial score (nSPS) is 14.3. The third kappa shape index (κ3) is 5.61. The maximum absolute atomic E-state index is 12.5. The number of nitrogens with zero attached hydrogens (tertiary/aromatic N) is 5. The Labute approximate surface area is 198 Å². The van der Waals surface area contributed by atoms with Gasteiger partial charge in [0.1, 0.15) is 0 Å². The Hall–Kier alpha value is -3.17. The first-order chi connectivity index (χ1) is 15.9. The number of carbonyl (C=O) groups is 2. The van der Waals surface area contributed by atoms with Crippen LogP contribution in [0.1, 0.15) is 15.9 Å². The number of piperazine rings is 1. The van der Waals surface area contributed by atoms with E-state index in [4.69, 9.17) is 0 Å². The minimum absolute atomic E-state index is 0.131. The van der Waals surface area contributed by atoms with Gasteiger partial charge < -0.3 is 19.7 Å². The number of carbonyl (C=O) groups excluding carboxylic acids is 2. The van der Waals surface area contributed by atoms with Gasteiger partial charge in [-0.1, -0.05) is 29.5 Å². The molecule has 2 amide bonds. The Morgan fingerprint density at radius 2 is 1.73 bits per heavy atom. The molecule has 33 heavy (non-hydrogen) atoms. The lowest BCUT2D eigenvalue weighted by Gasteiger charge is -2.32. The minimum Gasteiger partial charge on any atom is -0.339 e. The monoisotopic (exact) mass is 464 g/mol. The quantitative estimate of drug-likeness (QED) is 0.565. The molecule has 1 N–H and O–H groups in total. The summed E-state index contributed by atoms with van der Waals surface area (Å²) >= 11 is 1.40. The second-order valence-corrected chi connectivity index (χ2v) is 9.18. The number of hydrogen-bond donors (Lipinski definition) is 1. The summed E-state index contributed by atoms with van der Waals surface area (Å²) in [6.07, 6.45) is 0. The average Bonchev–Trinajstić information content (AvgIpc) is 3.18. The molecule has 1 aliphatic heterocycles. The molecule has 0 unspecified atom stereocenters. The van der Waals surface area contributed by atoms with Crippen molar-refractivity contribution in [1.29, 1.82) is 0 Å². The van der Waals surface area contributed by atoms with Gasteiger partial charge in [-0.05, 0) is 50.4 Å². The number of amides is 2. The van der Waals surface area contributed by atoms with Crippen LogP contribution in [-0.4, -0.2) is 75.4 Å². The van der Waals surface area contributed by atoms with Gasteiger partial charge in [0, 0.05) is 50.0 Å². The summed E-state index contributed by atoms with van der Waals surface area (Å²) in [5.41, 5.74) is 3.26. The molecule has 0 saturated carbocycles. The van der Waals surface area contributed by atoms with E-state index < -0.39 is 0 Å². The van der Waals surface area contributed by atoms with E-state index in [2.05, 4.69) is 27.5 Å². The van der Waals surface area contributed by atoms with E-state index in [0.717, 1.165) is 37.3 Å². The lowest BCUT2D eigenvalue weighted by molar-refractivity contribution is -0.129. The second kappa shape index (κ2) is 10.2. The van der Waals surface area contributed by atoms with Gasteiger partial charge in [0.2, 0.25) is 5.91 Å². The number of thioether (sulfide) groups is 1. The topological polar surface area (TPSA) is 83.4 Å². The van der Waals surface area contributed by atoms with E-state index in [0.29, 0.717) is 28.0 Å². The largest absolute Gasteiger partial charge is 0.339 e. The van der Waals surface area contributed by atoms with E-state index in [1.807, 2.05) is 65.9 Å². The standard InChI is InChI=1S/C24H28N6O2S/c1-17-5-4-6-19(15-17)23(32)25-20-9-7-18(8-10-20)22-26-27-24(29(22)3)33-16-21(31)30-13-11-28(2)12-14-30/h4-10,15H,11-14,16H2,1-3H3,(H,25,32). The Bertz CT molecular complexity index is 1140. The second-order valence-electron chi connectivity index (χ2n) is 8.24. The summed E-state index contributed by atoms with van der Waals surface area (Å²) in [6, 6.07) is 15.0. The summed E-state index contributed by atoms with van der Waals surface area (Å²) in [6.45, 7) is 5.32. The summed E-state index contributed by atoms with van der Waals surface area (Å²) in [5, 5.41) is 12.2. The number of anilines is 1. The van der Waals surface area contributed by atoms with Crippen molar-refractivity contribution in [2.75, 3.05) is 44.3 Å². The lowest BCUT2D eigenvalue weighted by atomic mass is 10.1. The molecular weight excluding hydrogens is 436 g/mol. The van der Waals surface area contributed by atoms with Crippen molar-refractivity contribution in [3.63, 3.8) is 0 Å². The summed E-state index contributed by atoms with van der Waals surface area (Å²) in [7, 11) is 3.97. The van der Waals surface area contributed by atoms with Crippen molar-refractivity contribution in [2.45, 2.75) is 12.1 Å². The fraction of sp³-hybridized carbons (Fsp3) is 0.333. The fourth-order valence-corrected chi connectivity index (χ4v) is 4.47. The highest BCUT2D eigenvalue weighted by Crippen LogP contribution is 2.24. The van der Waals surface area contributed by atoms with Gasteiger partial charge in [0.05, 0.1) is 5.75 Å². The van der Waals surface area contributed by atoms with Gasteiger partial charge in [0.15, 0.2) is 11.0 Å². The van der Waals surface area contributed by atoms with Gasteiger partial charge in [0.25, 0.3) is 5.91 Å². The van der Waals surface area contributed by atoms with Crippen molar-refractivity contribution < 1.29 is 9.59 Å². The van der Waals surface area contributed by atoms with Crippen molar-refractivity contribution >= 4 is 29.3 Å². The molecule has 1 saturated heterocycles. The van der Waals surface area contributed by atoms with Gasteiger partial charge in [-0.25, -0.2) is 0 Å². The number of aryl methyl sites for hydroxylation is 1. The molecule has 2 heterocycles. The highest BCUT2D eigenvalue weighted by molar-refractivity contribution is 7.99. The van der Waals surface area contributed by atoms with Gasteiger partial charge in [-0.15, -0.1) is 10.2 Å². The number of benzene rings is 2. The molecule has 0 spiro atoms. The molecule has 0 aliphatic carbocycles. The van der Waals surface area contributed by atoms with Crippen molar-refractivity contribution in [1.82, 2.24) is 24.6 Å². The lowest BCUT2D eigenvalue weighted by Crippen LogP contribution is -2.47. The number of rotatable bonds is 6.